The number of carbonyl (C=O) groups is 1. The maximum Gasteiger partial charge on any atom is 0.134 e. The van der Waals surface area contributed by atoms with Gasteiger partial charge in [-0.2, -0.15) is 0 Å². The number of hydrogen-bond donors (Lipinski definition) is 0. The Morgan fingerprint density at radius 2 is 1.28 bits per heavy atom. The van der Waals surface area contributed by atoms with E-state index in [0.29, 0.717) is 18.6 Å². The van der Waals surface area contributed by atoms with Gasteiger partial charge < -0.3 is 0 Å². The summed E-state index contributed by atoms with van der Waals surface area (Å²) in [5.41, 5.74) is 2.43. The third-order valence-corrected chi connectivity index (χ3v) is 3.98. The van der Waals surface area contributed by atoms with Crippen LogP contribution >= 0.6 is 0 Å². The Morgan fingerprint density at radius 3 is 1.67 bits per heavy atom. The van der Waals surface area contributed by atoms with Gasteiger partial charge in [0.25, 0.3) is 0 Å². The maximum absolute atomic E-state index is 11.8. The van der Waals surface area contributed by atoms with Gasteiger partial charge in [-0.15, -0.1) is 0 Å². The van der Waals surface area contributed by atoms with E-state index in [-0.39, 0.29) is 5.41 Å². The Bertz CT molecular complexity index is 503. The highest BCUT2D eigenvalue weighted by Gasteiger charge is 2.41. The van der Waals surface area contributed by atoms with Crippen LogP contribution in [0.3, 0.4) is 0 Å². The molecule has 0 amide bonds. The molecule has 18 heavy (non-hydrogen) atoms. The lowest BCUT2D eigenvalue weighted by Gasteiger charge is -2.29. The zero-order valence-electron chi connectivity index (χ0n) is 10.3. The second kappa shape index (κ2) is 4.41. The van der Waals surface area contributed by atoms with Gasteiger partial charge in [0.1, 0.15) is 5.78 Å². The van der Waals surface area contributed by atoms with Crippen molar-refractivity contribution in [2.45, 2.75) is 24.7 Å². The molecule has 0 bridgehead atoms. The second-order valence-corrected chi connectivity index (χ2v) is 5.03. The van der Waals surface area contributed by atoms with E-state index in [9.17, 15) is 4.79 Å². The van der Waals surface area contributed by atoms with E-state index in [1.807, 2.05) is 12.1 Å². The Kier molecular flexibility index (Phi) is 2.75. The third-order valence-electron chi connectivity index (χ3n) is 3.98. The lowest BCUT2D eigenvalue weighted by Crippen LogP contribution is -2.24. The van der Waals surface area contributed by atoms with E-state index >= 15 is 0 Å². The summed E-state index contributed by atoms with van der Waals surface area (Å²) >= 11 is 0. The summed E-state index contributed by atoms with van der Waals surface area (Å²) < 4.78 is 0. The number of hydrogen-bond acceptors (Lipinski definition) is 1. The summed E-state index contributed by atoms with van der Waals surface area (Å²) in [7, 11) is 0. The zero-order valence-corrected chi connectivity index (χ0v) is 10.3. The van der Waals surface area contributed by atoms with Gasteiger partial charge in [0, 0.05) is 18.3 Å². The predicted molar refractivity (Wildman–Crippen MR) is 72.5 cm³/mol. The second-order valence-electron chi connectivity index (χ2n) is 5.03. The largest absolute Gasteiger partial charge is 0.300 e. The quantitative estimate of drug-likeness (QED) is 0.776. The van der Waals surface area contributed by atoms with Crippen molar-refractivity contribution in [2.75, 3.05) is 0 Å². The van der Waals surface area contributed by atoms with Gasteiger partial charge in [-0.3, -0.25) is 4.79 Å². The van der Waals surface area contributed by atoms with Gasteiger partial charge >= 0.3 is 0 Å². The molecule has 0 aliphatic heterocycles. The SMILES string of the molecule is O=C1CCC(c2ccccc2)(c2ccccc2)C1. The van der Waals surface area contributed by atoms with Crippen molar-refractivity contribution in [2.24, 2.45) is 0 Å². The summed E-state index contributed by atoms with van der Waals surface area (Å²) in [5, 5.41) is 0. The van der Waals surface area contributed by atoms with Gasteiger partial charge in [-0.05, 0) is 17.5 Å². The first-order chi connectivity index (χ1) is 8.81. The predicted octanol–water partition coefficient (Wildman–Crippen LogP) is 3.73. The molecular formula is C17H16O. The van der Waals surface area contributed by atoms with Gasteiger partial charge in [0.05, 0.1) is 0 Å². The molecule has 0 N–H and O–H groups in total. The van der Waals surface area contributed by atoms with Gasteiger partial charge in [0.15, 0.2) is 0 Å². The summed E-state index contributed by atoms with van der Waals surface area (Å²) in [4.78, 5) is 11.8. The molecule has 0 heterocycles. The standard InChI is InChI=1S/C17H16O/c18-16-11-12-17(13-16,14-7-3-1-4-8-14)15-9-5-2-6-10-15/h1-10H,11-13H2. The van der Waals surface area contributed by atoms with Crippen molar-refractivity contribution in [3.63, 3.8) is 0 Å². The molecule has 1 aliphatic rings. The highest BCUT2D eigenvalue weighted by atomic mass is 16.1. The molecule has 1 nitrogen and oxygen atoms in total. The number of carbonyl (C=O) groups excluding carboxylic acids is 1. The number of rotatable bonds is 2. The molecule has 0 radical (unpaired) electrons. The van der Waals surface area contributed by atoms with Crippen molar-refractivity contribution in [3.05, 3.63) is 71.8 Å². The van der Waals surface area contributed by atoms with Crippen LogP contribution in [0, 0.1) is 0 Å². The minimum Gasteiger partial charge on any atom is -0.300 e. The maximum atomic E-state index is 11.8. The van der Waals surface area contributed by atoms with Gasteiger partial charge in [-0.1, -0.05) is 60.7 Å². The summed E-state index contributed by atoms with van der Waals surface area (Å²) in [6, 6.07) is 20.9. The number of benzene rings is 2. The molecular weight excluding hydrogens is 220 g/mol. The van der Waals surface area contributed by atoms with Crippen molar-refractivity contribution >= 4 is 5.78 Å². The van der Waals surface area contributed by atoms with Crippen LogP contribution in [0.5, 0.6) is 0 Å². The average Bonchev–Trinajstić information content (AvgIpc) is 2.84. The molecule has 90 valence electrons. The Hall–Kier alpha value is -1.89. The topological polar surface area (TPSA) is 17.1 Å². The number of Topliss-reactive ketones (excluding diaryl/α,β-unsaturated/α-hetero) is 1. The van der Waals surface area contributed by atoms with Crippen molar-refractivity contribution in [3.8, 4) is 0 Å². The zero-order chi connectivity index (χ0) is 12.4. The van der Waals surface area contributed by atoms with Crippen molar-refractivity contribution < 1.29 is 4.79 Å². The molecule has 2 aromatic carbocycles. The molecule has 1 aliphatic carbocycles. The Morgan fingerprint density at radius 1 is 0.778 bits per heavy atom. The highest BCUT2D eigenvalue weighted by molar-refractivity contribution is 5.84. The van der Waals surface area contributed by atoms with E-state index < -0.39 is 0 Å². The fourth-order valence-corrected chi connectivity index (χ4v) is 3.04. The molecule has 0 atom stereocenters. The van der Waals surface area contributed by atoms with Crippen LogP contribution < -0.4 is 0 Å². The Labute approximate surface area is 107 Å². The third kappa shape index (κ3) is 1.76. The van der Waals surface area contributed by atoms with E-state index in [1.54, 1.807) is 0 Å². The molecule has 1 saturated carbocycles. The summed E-state index contributed by atoms with van der Waals surface area (Å²) in [6.07, 6.45) is 2.27. The molecule has 1 fully saturated rings. The molecule has 0 spiro atoms. The summed E-state index contributed by atoms with van der Waals surface area (Å²) in [5.74, 6) is 0.378. The van der Waals surface area contributed by atoms with Crippen LogP contribution in [0.1, 0.15) is 30.4 Å². The van der Waals surface area contributed by atoms with E-state index in [0.717, 1.165) is 6.42 Å². The minimum absolute atomic E-state index is 0.0976. The summed E-state index contributed by atoms with van der Waals surface area (Å²) in [6.45, 7) is 0. The minimum atomic E-state index is -0.0976. The average molecular weight is 236 g/mol. The van der Waals surface area contributed by atoms with Crippen molar-refractivity contribution in [1.82, 2.24) is 0 Å². The van der Waals surface area contributed by atoms with Crippen LogP contribution in [0.2, 0.25) is 0 Å². The fourth-order valence-electron chi connectivity index (χ4n) is 3.04. The van der Waals surface area contributed by atoms with Crippen molar-refractivity contribution in [1.29, 1.82) is 0 Å². The molecule has 0 unspecified atom stereocenters. The van der Waals surface area contributed by atoms with Gasteiger partial charge in [-0.25, -0.2) is 0 Å². The molecule has 3 rings (SSSR count). The fraction of sp³-hybridized carbons (Fsp3) is 0.235. The van der Waals surface area contributed by atoms with E-state index in [4.69, 9.17) is 0 Å². The van der Waals surface area contributed by atoms with E-state index in [2.05, 4.69) is 48.5 Å². The van der Waals surface area contributed by atoms with Crippen LogP contribution in [0.4, 0.5) is 0 Å². The lowest BCUT2D eigenvalue weighted by molar-refractivity contribution is -0.117. The highest BCUT2D eigenvalue weighted by Crippen LogP contribution is 2.44. The molecule has 0 saturated heterocycles. The monoisotopic (exact) mass is 236 g/mol. The van der Waals surface area contributed by atoms with Gasteiger partial charge in [0.2, 0.25) is 0 Å². The molecule has 0 aromatic heterocycles. The Balaban J connectivity index is 2.14. The van der Waals surface area contributed by atoms with Crippen LogP contribution in [0.25, 0.3) is 0 Å². The first-order valence-electron chi connectivity index (χ1n) is 6.44. The number of ketones is 1. The molecule has 2 aromatic rings. The van der Waals surface area contributed by atoms with E-state index in [1.165, 1.54) is 11.1 Å². The first-order valence-corrected chi connectivity index (χ1v) is 6.44. The van der Waals surface area contributed by atoms with Crippen LogP contribution in [-0.4, -0.2) is 5.78 Å². The molecule has 1 heteroatoms. The normalized spacial score (nSPS) is 17.9. The van der Waals surface area contributed by atoms with Crippen LogP contribution in [0.15, 0.2) is 60.7 Å². The first kappa shape index (κ1) is 11.2. The smallest absolute Gasteiger partial charge is 0.134 e. The van der Waals surface area contributed by atoms with Crippen LogP contribution in [-0.2, 0) is 10.2 Å². The lowest BCUT2D eigenvalue weighted by atomic mass is 9.73.